The summed E-state index contributed by atoms with van der Waals surface area (Å²) in [5, 5.41) is 11.5. The average molecular weight is 239 g/mol. The van der Waals surface area contributed by atoms with Crippen LogP contribution in [0, 0.1) is 0 Å². The van der Waals surface area contributed by atoms with Crippen LogP contribution in [-0.2, 0) is 14.6 Å². The van der Waals surface area contributed by atoms with Crippen molar-refractivity contribution in [3.63, 3.8) is 0 Å². The van der Waals surface area contributed by atoms with Gasteiger partial charge in [-0.05, 0) is 6.92 Å². The molecule has 0 saturated heterocycles. The van der Waals surface area contributed by atoms with Gasteiger partial charge < -0.3 is 15.2 Å². The Kier molecular flexibility index (Phi) is 7.95. The summed E-state index contributed by atoms with van der Waals surface area (Å²) in [6.45, 7) is 4.90. The monoisotopic (exact) mass is 239 g/mol. The average Bonchev–Trinajstić information content (AvgIpc) is 2.17. The van der Waals surface area contributed by atoms with E-state index in [1.165, 1.54) is 0 Å². The van der Waals surface area contributed by atoms with Crippen molar-refractivity contribution in [2.75, 3.05) is 37.9 Å². The Morgan fingerprint density at radius 1 is 1.40 bits per heavy atom. The molecular weight excluding hydrogens is 218 g/mol. The molecule has 0 aromatic heterocycles. The Bertz CT molecular complexity index is 240. The maximum Gasteiger partial charge on any atom is 0.151 e. The Morgan fingerprint density at radius 3 is 2.60 bits per heavy atom. The van der Waals surface area contributed by atoms with Gasteiger partial charge in [0.1, 0.15) is 0 Å². The van der Waals surface area contributed by atoms with Crippen molar-refractivity contribution in [2.24, 2.45) is 0 Å². The summed E-state index contributed by atoms with van der Waals surface area (Å²) in [7, 11) is -2.91. The number of nitrogens with one attached hydrogen (secondary N) is 1. The number of aliphatic hydroxyl groups is 1. The molecule has 1 atom stereocenters. The van der Waals surface area contributed by atoms with E-state index >= 15 is 0 Å². The Balaban J connectivity index is 3.54. The fraction of sp³-hybridized carbons (Fsp3) is 1.00. The zero-order valence-electron chi connectivity index (χ0n) is 9.40. The van der Waals surface area contributed by atoms with Crippen molar-refractivity contribution < 1.29 is 18.3 Å². The standard InChI is InChI=1S/C9H21NO4S/c1-3-15(12,13)8-9(2)10-4-6-14-7-5-11/h9-11H,3-8H2,1-2H3. The highest BCUT2D eigenvalue weighted by Gasteiger charge is 2.12. The van der Waals surface area contributed by atoms with Gasteiger partial charge in [-0.25, -0.2) is 8.42 Å². The van der Waals surface area contributed by atoms with Gasteiger partial charge in [-0.15, -0.1) is 0 Å². The largest absolute Gasteiger partial charge is 0.394 e. The van der Waals surface area contributed by atoms with Crippen LogP contribution in [0.3, 0.4) is 0 Å². The molecular formula is C9H21NO4S. The summed E-state index contributed by atoms with van der Waals surface area (Å²) in [6, 6.07) is -0.0623. The summed E-state index contributed by atoms with van der Waals surface area (Å²) in [5.74, 6) is 0.337. The first-order valence-electron chi connectivity index (χ1n) is 5.14. The van der Waals surface area contributed by atoms with Crippen molar-refractivity contribution in [3.8, 4) is 0 Å². The van der Waals surface area contributed by atoms with Gasteiger partial charge in [0.05, 0.1) is 25.6 Å². The van der Waals surface area contributed by atoms with Gasteiger partial charge in [0.2, 0.25) is 0 Å². The fourth-order valence-corrected chi connectivity index (χ4v) is 2.22. The van der Waals surface area contributed by atoms with Crippen LogP contribution in [0.15, 0.2) is 0 Å². The number of ether oxygens (including phenoxy) is 1. The first-order chi connectivity index (χ1) is 7.02. The van der Waals surface area contributed by atoms with E-state index in [4.69, 9.17) is 9.84 Å². The van der Waals surface area contributed by atoms with Crippen LogP contribution in [0.5, 0.6) is 0 Å². The van der Waals surface area contributed by atoms with E-state index in [9.17, 15) is 8.42 Å². The molecule has 0 rings (SSSR count). The highest BCUT2D eigenvalue weighted by molar-refractivity contribution is 7.91. The lowest BCUT2D eigenvalue weighted by molar-refractivity contribution is 0.0931. The Hall–Kier alpha value is -0.170. The third-order valence-corrected chi connectivity index (χ3v) is 3.81. The van der Waals surface area contributed by atoms with Gasteiger partial charge in [0.15, 0.2) is 9.84 Å². The summed E-state index contributed by atoms with van der Waals surface area (Å²) in [5.41, 5.74) is 0. The maximum atomic E-state index is 11.2. The molecule has 0 aliphatic heterocycles. The number of sulfone groups is 1. The second-order valence-corrected chi connectivity index (χ2v) is 5.79. The quantitative estimate of drug-likeness (QED) is 0.526. The number of hydrogen-bond donors (Lipinski definition) is 2. The zero-order valence-corrected chi connectivity index (χ0v) is 10.2. The SMILES string of the molecule is CCS(=O)(=O)CC(C)NCCOCCO. The van der Waals surface area contributed by atoms with Crippen LogP contribution >= 0.6 is 0 Å². The molecule has 0 spiro atoms. The highest BCUT2D eigenvalue weighted by atomic mass is 32.2. The lowest BCUT2D eigenvalue weighted by Crippen LogP contribution is -2.35. The summed E-state index contributed by atoms with van der Waals surface area (Å²) in [4.78, 5) is 0. The van der Waals surface area contributed by atoms with Gasteiger partial charge >= 0.3 is 0 Å². The Morgan fingerprint density at radius 2 is 2.07 bits per heavy atom. The molecule has 0 aliphatic rings. The van der Waals surface area contributed by atoms with Crippen molar-refractivity contribution in [3.05, 3.63) is 0 Å². The summed E-state index contributed by atoms with van der Waals surface area (Å²) < 4.78 is 27.5. The van der Waals surface area contributed by atoms with Crippen LogP contribution in [0.1, 0.15) is 13.8 Å². The van der Waals surface area contributed by atoms with E-state index in [-0.39, 0.29) is 24.2 Å². The smallest absolute Gasteiger partial charge is 0.151 e. The van der Waals surface area contributed by atoms with Gasteiger partial charge in [0, 0.05) is 18.3 Å². The fourth-order valence-electron chi connectivity index (χ4n) is 1.10. The van der Waals surface area contributed by atoms with Crippen molar-refractivity contribution in [1.82, 2.24) is 5.32 Å². The summed E-state index contributed by atoms with van der Waals surface area (Å²) >= 11 is 0. The molecule has 2 N–H and O–H groups in total. The van der Waals surface area contributed by atoms with Crippen LogP contribution in [-0.4, -0.2) is 57.4 Å². The molecule has 0 amide bonds. The molecule has 0 aliphatic carbocycles. The van der Waals surface area contributed by atoms with Gasteiger partial charge in [-0.3, -0.25) is 0 Å². The maximum absolute atomic E-state index is 11.2. The number of rotatable bonds is 9. The molecule has 0 heterocycles. The van der Waals surface area contributed by atoms with Gasteiger partial charge in [-0.2, -0.15) is 0 Å². The van der Waals surface area contributed by atoms with Crippen molar-refractivity contribution in [1.29, 1.82) is 0 Å². The molecule has 0 saturated carbocycles. The van der Waals surface area contributed by atoms with Gasteiger partial charge in [0.25, 0.3) is 0 Å². The normalized spacial score (nSPS) is 14.1. The summed E-state index contributed by atoms with van der Waals surface area (Å²) in [6.07, 6.45) is 0. The minimum atomic E-state index is -2.91. The first-order valence-corrected chi connectivity index (χ1v) is 6.96. The van der Waals surface area contributed by atoms with E-state index < -0.39 is 9.84 Å². The molecule has 0 aromatic rings. The molecule has 0 radical (unpaired) electrons. The first kappa shape index (κ1) is 14.8. The highest BCUT2D eigenvalue weighted by Crippen LogP contribution is 1.93. The van der Waals surface area contributed by atoms with E-state index in [0.29, 0.717) is 19.8 Å². The third-order valence-electron chi connectivity index (χ3n) is 1.92. The molecule has 0 aromatic carbocycles. The molecule has 5 nitrogen and oxygen atoms in total. The Labute approximate surface area is 91.7 Å². The minimum absolute atomic E-state index is 0.0137. The van der Waals surface area contributed by atoms with Crippen LogP contribution in [0.2, 0.25) is 0 Å². The molecule has 6 heteroatoms. The van der Waals surface area contributed by atoms with E-state index in [1.807, 2.05) is 6.92 Å². The number of aliphatic hydroxyl groups excluding tert-OH is 1. The third kappa shape index (κ3) is 8.80. The second kappa shape index (κ2) is 8.04. The van der Waals surface area contributed by atoms with Crippen LogP contribution in [0.4, 0.5) is 0 Å². The lowest BCUT2D eigenvalue weighted by atomic mass is 10.4. The van der Waals surface area contributed by atoms with Crippen LogP contribution in [0.25, 0.3) is 0 Å². The molecule has 92 valence electrons. The van der Waals surface area contributed by atoms with E-state index in [1.54, 1.807) is 6.92 Å². The zero-order chi connectivity index (χ0) is 11.7. The van der Waals surface area contributed by atoms with E-state index in [2.05, 4.69) is 5.32 Å². The second-order valence-electron chi connectivity index (χ2n) is 3.39. The molecule has 15 heavy (non-hydrogen) atoms. The number of hydrogen-bond acceptors (Lipinski definition) is 5. The lowest BCUT2D eigenvalue weighted by Gasteiger charge is -2.13. The van der Waals surface area contributed by atoms with Gasteiger partial charge in [-0.1, -0.05) is 6.92 Å². The van der Waals surface area contributed by atoms with Crippen molar-refractivity contribution >= 4 is 9.84 Å². The molecule has 0 fully saturated rings. The van der Waals surface area contributed by atoms with Crippen LogP contribution < -0.4 is 5.32 Å². The van der Waals surface area contributed by atoms with Crippen molar-refractivity contribution in [2.45, 2.75) is 19.9 Å². The minimum Gasteiger partial charge on any atom is -0.394 e. The molecule has 0 bridgehead atoms. The predicted molar refractivity (Wildman–Crippen MR) is 59.7 cm³/mol. The predicted octanol–water partition coefficient (Wildman–Crippen LogP) is -0.592. The topological polar surface area (TPSA) is 75.6 Å². The molecule has 1 unspecified atom stereocenters. The van der Waals surface area contributed by atoms with E-state index in [0.717, 1.165) is 0 Å².